The molecule has 36 heavy (non-hydrogen) atoms. The Morgan fingerprint density at radius 3 is 2.39 bits per heavy atom. The van der Waals surface area contributed by atoms with E-state index in [1.54, 1.807) is 6.07 Å². The van der Waals surface area contributed by atoms with Gasteiger partial charge in [-0.1, -0.05) is 60.7 Å². The number of hydrogen-bond donors (Lipinski definition) is 1. The van der Waals surface area contributed by atoms with E-state index >= 15 is 0 Å². The van der Waals surface area contributed by atoms with Crippen molar-refractivity contribution in [3.8, 4) is 16.9 Å². The van der Waals surface area contributed by atoms with E-state index in [4.69, 9.17) is 9.47 Å². The number of anilines is 1. The molecule has 1 N–H and O–H groups in total. The number of nitrogens with one attached hydrogen (secondary N) is 1. The Bertz CT molecular complexity index is 1470. The number of nitrogens with zero attached hydrogens (tertiary/aromatic N) is 1. The number of carbonyl (C=O) groups is 2. The van der Waals surface area contributed by atoms with E-state index in [1.807, 2.05) is 72.8 Å². The lowest BCUT2D eigenvalue weighted by Crippen LogP contribution is -2.38. The highest BCUT2D eigenvalue weighted by atomic mass is 16.5. The quantitative estimate of drug-likeness (QED) is 0.371. The SMILES string of the molecule is O=C(Nc1ccc(OCCN2CCOCC2)c2ccccc12)c1cccc2c1C(=O)c1ccccc1-2. The minimum atomic E-state index is -0.306. The maximum atomic E-state index is 13.4. The normalized spacial score (nSPS) is 14.9. The molecule has 2 aliphatic rings. The number of amides is 1. The Morgan fingerprint density at radius 1 is 0.833 bits per heavy atom. The lowest BCUT2D eigenvalue weighted by atomic mass is 10.00. The minimum absolute atomic E-state index is 0.111. The summed E-state index contributed by atoms with van der Waals surface area (Å²) in [5, 5.41) is 4.86. The molecule has 180 valence electrons. The van der Waals surface area contributed by atoms with E-state index in [0.717, 1.165) is 60.5 Å². The highest BCUT2D eigenvalue weighted by Crippen LogP contribution is 2.38. The van der Waals surface area contributed by atoms with E-state index < -0.39 is 0 Å². The Hall–Kier alpha value is -4.00. The van der Waals surface area contributed by atoms with Gasteiger partial charge in [0.05, 0.1) is 18.8 Å². The van der Waals surface area contributed by atoms with Gasteiger partial charge in [0, 0.05) is 47.2 Å². The molecule has 0 unspecified atom stereocenters. The lowest BCUT2D eigenvalue weighted by molar-refractivity contribution is 0.0323. The van der Waals surface area contributed by atoms with E-state index in [1.165, 1.54) is 0 Å². The van der Waals surface area contributed by atoms with Gasteiger partial charge in [-0.3, -0.25) is 14.5 Å². The summed E-state index contributed by atoms with van der Waals surface area (Å²) in [6.45, 7) is 4.79. The number of morpholine rings is 1. The zero-order chi connectivity index (χ0) is 24.5. The first kappa shape index (κ1) is 22.5. The Balaban J connectivity index is 1.25. The third-order valence-corrected chi connectivity index (χ3v) is 6.90. The molecule has 0 radical (unpaired) electrons. The van der Waals surface area contributed by atoms with Crippen LogP contribution in [0.4, 0.5) is 5.69 Å². The lowest BCUT2D eigenvalue weighted by Gasteiger charge is -2.26. The van der Waals surface area contributed by atoms with Gasteiger partial charge in [0.1, 0.15) is 12.4 Å². The van der Waals surface area contributed by atoms with Crippen LogP contribution < -0.4 is 10.1 Å². The fourth-order valence-electron chi connectivity index (χ4n) is 5.07. The van der Waals surface area contributed by atoms with Gasteiger partial charge in [0.25, 0.3) is 5.91 Å². The van der Waals surface area contributed by atoms with Crippen molar-refractivity contribution in [2.75, 3.05) is 44.8 Å². The van der Waals surface area contributed by atoms with E-state index in [9.17, 15) is 9.59 Å². The molecule has 1 aliphatic heterocycles. The molecule has 0 atom stereocenters. The van der Waals surface area contributed by atoms with Crippen molar-refractivity contribution in [2.24, 2.45) is 0 Å². The summed E-state index contributed by atoms with van der Waals surface area (Å²) >= 11 is 0. The summed E-state index contributed by atoms with van der Waals surface area (Å²) in [5.41, 5.74) is 3.83. The van der Waals surface area contributed by atoms with Crippen LogP contribution >= 0.6 is 0 Å². The highest BCUT2D eigenvalue weighted by molar-refractivity contribution is 6.27. The smallest absolute Gasteiger partial charge is 0.256 e. The van der Waals surface area contributed by atoms with Crippen molar-refractivity contribution in [3.63, 3.8) is 0 Å². The number of ether oxygens (including phenoxy) is 2. The number of rotatable bonds is 6. The third kappa shape index (κ3) is 4.04. The summed E-state index contributed by atoms with van der Waals surface area (Å²) in [6.07, 6.45) is 0. The second kappa shape index (κ2) is 9.57. The molecule has 1 amide bonds. The molecule has 6 heteroatoms. The van der Waals surface area contributed by atoms with Gasteiger partial charge in [-0.25, -0.2) is 0 Å². The van der Waals surface area contributed by atoms with Crippen LogP contribution in [0.5, 0.6) is 5.75 Å². The van der Waals surface area contributed by atoms with Gasteiger partial charge >= 0.3 is 0 Å². The molecule has 1 heterocycles. The van der Waals surface area contributed by atoms with Crippen LogP contribution in [0.2, 0.25) is 0 Å². The number of benzene rings is 4. The predicted octanol–water partition coefficient (Wildman–Crippen LogP) is 5.01. The number of ketones is 1. The van der Waals surface area contributed by atoms with Crippen molar-refractivity contribution in [1.82, 2.24) is 4.90 Å². The van der Waals surface area contributed by atoms with Crippen LogP contribution in [0, 0.1) is 0 Å². The molecule has 4 aromatic rings. The van der Waals surface area contributed by atoms with Crippen LogP contribution in [-0.4, -0.2) is 56.0 Å². The molecule has 6 rings (SSSR count). The van der Waals surface area contributed by atoms with Gasteiger partial charge in [0.15, 0.2) is 5.78 Å². The van der Waals surface area contributed by atoms with Crippen LogP contribution in [0.3, 0.4) is 0 Å². The Morgan fingerprint density at radius 2 is 1.56 bits per heavy atom. The van der Waals surface area contributed by atoms with Crippen molar-refractivity contribution in [3.05, 3.63) is 95.6 Å². The molecule has 0 aromatic heterocycles. The predicted molar refractivity (Wildman–Crippen MR) is 140 cm³/mol. The third-order valence-electron chi connectivity index (χ3n) is 6.90. The highest BCUT2D eigenvalue weighted by Gasteiger charge is 2.30. The van der Waals surface area contributed by atoms with E-state index in [0.29, 0.717) is 29.0 Å². The minimum Gasteiger partial charge on any atom is -0.492 e. The molecule has 6 nitrogen and oxygen atoms in total. The summed E-state index contributed by atoms with van der Waals surface area (Å²) in [4.78, 5) is 28.9. The summed E-state index contributed by atoms with van der Waals surface area (Å²) in [5.74, 6) is 0.363. The maximum absolute atomic E-state index is 13.4. The molecular formula is C30H26N2O4. The summed E-state index contributed by atoms with van der Waals surface area (Å²) < 4.78 is 11.5. The summed E-state index contributed by atoms with van der Waals surface area (Å²) in [7, 11) is 0. The van der Waals surface area contributed by atoms with Crippen LogP contribution in [0.15, 0.2) is 78.9 Å². The average molecular weight is 479 g/mol. The molecule has 0 bridgehead atoms. The zero-order valence-electron chi connectivity index (χ0n) is 19.8. The fraction of sp³-hybridized carbons (Fsp3) is 0.200. The van der Waals surface area contributed by atoms with Crippen LogP contribution in [0.25, 0.3) is 21.9 Å². The molecule has 1 fully saturated rings. The van der Waals surface area contributed by atoms with Gasteiger partial charge < -0.3 is 14.8 Å². The first-order valence-corrected chi connectivity index (χ1v) is 12.2. The van der Waals surface area contributed by atoms with E-state index in [2.05, 4.69) is 10.2 Å². The molecule has 0 saturated carbocycles. The molecule has 1 aliphatic carbocycles. The molecule has 4 aromatic carbocycles. The monoisotopic (exact) mass is 478 g/mol. The second-order valence-corrected chi connectivity index (χ2v) is 9.02. The Labute approximate surface area is 209 Å². The van der Waals surface area contributed by atoms with E-state index in [-0.39, 0.29) is 11.7 Å². The first-order valence-electron chi connectivity index (χ1n) is 12.2. The number of fused-ring (bicyclic) bond motifs is 4. The maximum Gasteiger partial charge on any atom is 0.256 e. The van der Waals surface area contributed by atoms with Gasteiger partial charge in [-0.2, -0.15) is 0 Å². The van der Waals surface area contributed by atoms with Gasteiger partial charge in [-0.15, -0.1) is 0 Å². The Kier molecular flexibility index (Phi) is 5.97. The number of carbonyl (C=O) groups excluding carboxylic acids is 2. The number of hydrogen-bond acceptors (Lipinski definition) is 5. The van der Waals surface area contributed by atoms with Gasteiger partial charge in [-0.05, 0) is 29.3 Å². The van der Waals surface area contributed by atoms with Gasteiger partial charge in [0.2, 0.25) is 0 Å². The zero-order valence-corrected chi connectivity index (χ0v) is 19.8. The standard InChI is InChI=1S/C30H26N2O4/c33-29-24-9-4-1-6-20(24)23-10-5-11-25(28(23)29)30(34)31-26-12-13-27(22-8-3-2-7-21(22)26)36-19-16-32-14-17-35-18-15-32/h1-13H,14-19H2,(H,31,34). The summed E-state index contributed by atoms with van der Waals surface area (Å²) in [6, 6.07) is 24.5. The first-order chi connectivity index (χ1) is 17.7. The molecule has 0 spiro atoms. The van der Waals surface area contributed by atoms with Crippen molar-refractivity contribution >= 4 is 28.2 Å². The van der Waals surface area contributed by atoms with Crippen molar-refractivity contribution < 1.29 is 19.1 Å². The molecular weight excluding hydrogens is 452 g/mol. The van der Waals surface area contributed by atoms with Crippen LogP contribution in [0.1, 0.15) is 26.3 Å². The largest absolute Gasteiger partial charge is 0.492 e. The van der Waals surface area contributed by atoms with Crippen molar-refractivity contribution in [2.45, 2.75) is 0 Å². The van der Waals surface area contributed by atoms with Crippen molar-refractivity contribution in [1.29, 1.82) is 0 Å². The fourth-order valence-corrected chi connectivity index (χ4v) is 5.07. The average Bonchev–Trinajstić information content (AvgIpc) is 3.22. The topological polar surface area (TPSA) is 67.9 Å². The van der Waals surface area contributed by atoms with Crippen LogP contribution in [-0.2, 0) is 4.74 Å². The second-order valence-electron chi connectivity index (χ2n) is 9.02. The molecule has 1 saturated heterocycles.